The molecule has 2 aromatic carbocycles. The summed E-state index contributed by atoms with van der Waals surface area (Å²) in [6, 6.07) is 17.9. The monoisotopic (exact) mass is 238 g/mol. The van der Waals surface area contributed by atoms with Crippen LogP contribution in [0, 0.1) is 0 Å². The van der Waals surface area contributed by atoms with Gasteiger partial charge in [0.15, 0.2) is 0 Å². The molecule has 1 aliphatic heterocycles. The first-order valence-electron chi connectivity index (χ1n) is 6.27. The maximum atomic E-state index is 2.32. The molecule has 0 spiro atoms. The highest BCUT2D eigenvalue weighted by atomic mass is 32.2. The molecule has 0 radical (unpaired) electrons. The van der Waals surface area contributed by atoms with Gasteiger partial charge in [-0.05, 0) is 35.6 Å². The van der Waals surface area contributed by atoms with Crippen molar-refractivity contribution in [3.8, 4) is 0 Å². The molecule has 0 N–H and O–H groups in total. The molecule has 2 unspecified atom stereocenters. The summed E-state index contributed by atoms with van der Waals surface area (Å²) in [5, 5.41) is 0.664. The summed E-state index contributed by atoms with van der Waals surface area (Å²) in [5.41, 5.74) is 4.72. The summed E-state index contributed by atoms with van der Waals surface area (Å²) in [4.78, 5) is 1.50. The molecule has 2 aliphatic rings. The SMILES string of the molecule is c1ccc2c(c1)CCC1c3ccccc3SC21. The Morgan fingerprint density at radius 2 is 1.65 bits per heavy atom. The Morgan fingerprint density at radius 3 is 2.59 bits per heavy atom. The van der Waals surface area contributed by atoms with Gasteiger partial charge in [-0.1, -0.05) is 42.5 Å². The van der Waals surface area contributed by atoms with E-state index in [2.05, 4.69) is 60.3 Å². The highest BCUT2D eigenvalue weighted by molar-refractivity contribution is 8.00. The van der Waals surface area contributed by atoms with Gasteiger partial charge in [-0.15, -0.1) is 11.8 Å². The molecule has 2 aromatic rings. The smallest absolute Gasteiger partial charge is 0.0416 e. The average molecular weight is 238 g/mol. The predicted molar refractivity (Wildman–Crippen MR) is 72.5 cm³/mol. The number of hydrogen-bond acceptors (Lipinski definition) is 1. The molecule has 84 valence electrons. The first-order valence-corrected chi connectivity index (χ1v) is 7.15. The van der Waals surface area contributed by atoms with Gasteiger partial charge in [0.1, 0.15) is 0 Å². The fraction of sp³-hybridized carbons (Fsp3) is 0.250. The Morgan fingerprint density at radius 1 is 0.882 bits per heavy atom. The Hall–Kier alpha value is -1.21. The molecule has 0 saturated carbocycles. The van der Waals surface area contributed by atoms with Crippen LogP contribution in [0.15, 0.2) is 53.4 Å². The first kappa shape index (κ1) is 9.78. The number of fused-ring (bicyclic) bond motifs is 5. The van der Waals surface area contributed by atoms with E-state index in [0.717, 1.165) is 5.92 Å². The second-order valence-corrected chi connectivity index (χ2v) is 6.10. The average Bonchev–Trinajstić information content (AvgIpc) is 2.78. The lowest BCUT2D eigenvalue weighted by molar-refractivity contribution is 0.581. The van der Waals surface area contributed by atoms with Gasteiger partial charge in [-0.25, -0.2) is 0 Å². The lowest BCUT2D eigenvalue weighted by atomic mass is 9.80. The molecular weight excluding hydrogens is 224 g/mol. The molecule has 4 rings (SSSR count). The number of thioether (sulfide) groups is 1. The summed E-state index contributed by atoms with van der Waals surface area (Å²) in [7, 11) is 0. The van der Waals surface area contributed by atoms with Gasteiger partial charge < -0.3 is 0 Å². The topological polar surface area (TPSA) is 0 Å². The van der Waals surface area contributed by atoms with Crippen LogP contribution < -0.4 is 0 Å². The van der Waals surface area contributed by atoms with Crippen molar-refractivity contribution in [2.75, 3.05) is 0 Å². The minimum atomic E-state index is 0.664. The van der Waals surface area contributed by atoms with Crippen LogP contribution in [0.5, 0.6) is 0 Å². The minimum Gasteiger partial charge on any atom is -0.117 e. The van der Waals surface area contributed by atoms with Crippen LogP contribution in [0.3, 0.4) is 0 Å². The zero-order chi connectivity index (χ0) is 11.2. The first-order chi connectivity index (χ1) is 8.43. The van der Waals surface area contributed by atoms with E-state index in [1.165, 1.54) is 17.7 Å². The lowest BCUT2D eigenvalue weighted by Gasteiger charge is -2.27. The van der Waals surface area contributed by atoms with E-state index in [1.54, 1.807) is 16.7 Å². The largest absolute Gasteiger partial charge is 0.117 e. The van der Waals surface area contributed by atoms with Crippen molar-refractivity contribution < 1.29 is 0 Å². The molecule has 0 nitrogen and oxygen atoms in total. The standard InChI is InChI=1S/C16H14S/c1-2-6-12-11(5-1)9-10-14-13-7-3-4-8-15(13)17-16(12)14/h1-8,14,16H,9-10H2. The Balaban J connectivity index is 1.85. The van der Waals surface area contributed by atoms with E-state index in [0.29, 0.717) is 5.25 Å². The molecule has 2 atom stereocenters. The van der Waals surface area contributed by atoms with Crippen molar-refractivity contribution in [1.29, 1.82) is 0 Å². The van der Waals surface area contributed by atoms with E-state index < -0.39 is 0 Å². The van der Waals surface area contributed by atoms with Crippen molar-refractivity contribution >= 4 is 11.8 Å². The van der Waals surface area contributed by atoms with E-state index in [-0.39, 0.29) is 0 Å². The number of hydrogen-bond donors (Lipinski definition) is 0. The number of rotatable bonds is 0. The van der Waals surface area contributed by atoms with Crippen molar-refractivity contribution in [2.24, 2.45) is 0 Å². The second kappa shape index (κ2) is 3.64. The van der Waals surface area contributed by atoms with Gasteiger partial charge in [0, 0.05) is 16.1 Å². The zero-order valence-corrected chi connectivity index (χ0v) is 10.4. The highest BCUT2D eigenvalue weighted by Crippen LogP contribution is 2.58. The van der Waals surface area contributed by atoms with Gasteiger partial charge in [-0.2, -0.15) is 0 Å². The van der Waals surface area contributed by atoms with Crippen LogP contribution in [0.2, 0.25) is 0 Å². The van der Waals surface area contributed by atoms with Crippen molar-refractivity contribution in [1.82, 2.24) is 0 Å². The summed E-state index contributed by atoms with van der Waals surface area (Å²) in [6.45, 7) is 0. The minimum absolute atomic E-state index is 0.664. The van der Waals surface area contributed by atoms with Crippen molar-refractivity contribution in [3.63, 3.8) is 0 Å². The Kier molecular flexibility index (Phi) is 2.10. The molecule has 17 heavy (non-hydrogen) atoms. The maximum absolute atomic E-state index is 2.32. The third kappa shape index (κ3) is 1.39. The van der Waals surface area contributed by atoms with Gasteiger partial charge >= 0.3 is 0 Å². The Bertz CT molecular complexity index is 573. The molecule has 1 heteroatoms. The van der Waals surface area contributed by atoms with E-state index >= 15 is 0 Å². The van der Waals surface area contributed by atoms with Crippen LogP contribution in [0.25, 0.3) is 0 Å². The normalized spacial score (nSPS) is 24.9. The van der Waals surface area contributed by atoms with Gasteiger partial charge in [-0.3, -0.25) is 0 Å². The molecule has 0 bridgehead atoms. The van der Waals surface area contributed by atoms with Crippen LogP contribution in [-0.2, 0) is 6.42 Å². The molecule has 0 amide bonds. The third-order valence-corrected chi connectivity index (χ3v) is 5.49. The van der Waals surface area contributed by atoms with E-state index in [1.807, 2.05) is 0 Å². The summed E-state index contributed by atoms with van der Waals surface area (Å²) in [5.74, 6) is 0.742. The van der Waals surface area contributed by atoms with Crippen LogP contribution in [0.1, 0.15) is 34.3 Å². The molecule has 1 aliphatic carbocycles. The zero-order valence-electron chi connectivity index (χ0n) is 9.60. The lowest BCUT2D eigenvalue weighted by Crippen LogP contribution is -2.13. The molecule has 0 saturated heterocycles. The van der Waals surface area contributed by atoms with Crippen molar-refractivity contribution in [2.45, 2.75) is 28.9 Å². The molecule has 0 aromatic heterocycles. The summed E-state index contributed by atoms with van der Waals surface area (Å²) < 4.78 is 0. The highest BCUT2D eigenvalue weighted by Gasteiger charge is 2.37. The Labute approximate surface area is 106 Å². The fourth-order valence-corrected chi connectivity index (χ4v) is 4.80. The predicted octanol–water partition coefficient (Wildman–Crippen LogP) is 4.56. The summed E-state index contributed by atoms with van der Waals surface area (Å²) in [6.07, 6.45) is 2.55. The maximum Gasteiger partial charge on any atom is 0.0416 e. The molecular formula is C16H14S. The van der Waals surface area contributed by atoms with E-state index in [9.17, 15) is 0 Å². The number of aryl methyl sites for hydroxylation is 1. The van der Waals surface area contributed by atoms with Crippen LogP contribution in [-0.4, -0.2) is 0 Å². The van der Waals surface area contributed by atoms with Gasteiger partial charge in [0.25, 0.3) is 0 Å². The number of benzene rings is 2. The van der Waals surface area contributed by atoms with Gasteiger partial charge in [0.05, 0.1) is 0 Å². The second-order valence-electron chi connectivity index (χ2n) is 4.92. The van der Waals surface area contributed by atoms with Crippen LogP contribution >= 0.6 is 11.8 Å². The van der Waals surface area contributed by atoms with E-state index in [4.69, 9.17) is 0 Å². The third-order valence-electron chi connectivity index (χ3n) is 4.02. The van der Waals surface area contributed by atoms with Crippen LogP contribution in [0.4, 0.5) is 0 Å². The molecule has 1 heterocycles. The summed E-state index contributed by atoms with van der Waals surface area (Å²) >= 11 is 2.06. The fourth-order valence-electron chi connectivity index (χ4n) is 3.21. The van der Waals surface area contributed by atoms with Gasteiger partial charge in [0.2, 0.25) is 0 Å². The quantitative estimate of drug-likeness (QED) is 0.648. The van der Waals surface area contributed by atoms with Crippen molar-refractivity contribution in [3.05, 3.63) is 65.2 Å². The molecule has 0 fully saturated rings.